The highest BCUT2D eigenvalue weighted by molar-refractivity contribution is 5.11. The molecule has 0 aromatic carbocycles. The summed E-state index contributed by atoms with van der Waals surface area (Å²) in [6.45, 7) is 11.2. The Kier molecular flexibility index (Phi) is 3.95. The highest BCUT2D eigenvalue weighted by Gasteiger charge is 2.22. The zero-order valence-electron chi connectivity index (χ0n) is 10.7. The molecular formula is C13H24N2. The van der Waals surface area contributed by atoms with E-state index in [-0.39, 0.29) is 5.41 Å². The van der Waals surface area contributed by atoms with E-state index >= 15 is 0 Å². The van der Waals surface area contributed by atoms with Crippen LogP contribution in [-0.2, 0) is 5.41 Å². The van der Waals surface area contributed by atoms with E-state index in [0.29, 0.717) is 6.04 Å². The average Bonchev–Trinajstić information content (AvgIpc) is 2.66. The fourth-order valence-corrected chi connectivity index (χ4v) is 1.89. The third kappa shape index (κ3) is 2.83. The predicted molar refractivity (Wildman–Crippen MR) is 65.2 cm³/mol. The minimum atomic E-state index is 0.216. The van der Waals surface area contributed by atoms with Crippen molar-refractivity contribution in [3.63, 3.8) is 0 Å². The molecule has 1 unspecified atom stereocenters. The van der Waals surface area contributed by atoms with Gasteiger partial charge in [-0.15, -0.1) is 0 Å². The van der Waals surface area contributed by atoms with Gasteiger partial charge in [-0.3, -0.25) is 0 Å². The van der Waals surface area contributed by atoms with Gasteiger partial charge in [0, 0.05) is 17.7 Å². The molecule has 1 aromatic heterocycles. The normalized spacial score (nSPS) is 14.2. The third-order valence-electron chi connectivity index (χ3n) is 3.27. The monoisotopic (exact) mass is 208 g/mol. The van der Waals surface area contributed by atoms with E-state index in [1.54, 1.807) is 0 Å². The second-order valence-electron chi connectivity index (χ2n) is 5.10. The molecule has 0 aliphatic heterocycles. The number of imidazole rings is 1. The van der Waals surface area contributed by atoms with E-state index in [4.69, 9.17) is 0 Å². The molecule has 0 saturated carbocycles. The van der Waals surface area contributed by atoms with Crippen LogP contribution >= 0.6 is 0 Å². The highest BCUT2D eigenvalue weighted by Crippen LogP contribution is 2.27. The van der Waals surface area contributed by atoms with Crippen molar-refractivity contribution in [2.75, 3.05) is 0 Å². The number of nitrogens with zero attached hydrogens (tertiary/aromatic N) is 2. The summed E-state index contributed by atoms with van der Waals surface area (Å²) in [7, 11) is 0. The van der Waals surface area contributed by atoms with Gasteiger partial charge in [-0.05, 0) is 19.8 Å². The molecule has 0 bridgehead atoms. The number of hydrogen-bond acceptors (Lipinski definition) is 1. The first-order valence-electron chi connectivity index (χ1n) is 6.05. The summed E-state index contributed by atoms with van der Waals surface area (Å²) >= 11 is 0. The molecule has 15 heavy (non-hydrogen) atoms. The fourth-order valence-electron chi connectivity index (χ4n) is 1.89. The van der Waals surface area contributed by atoms with Gasteiger partial charge in [0.15, 0.2) is 0 Å². The van der Waals surface area contributed by atoms with Crippen molar-refractivity contribution < 1.29 is 0 Å². The molecular weight excluding hydrogens is 184 g/mol. The van der Waals surface area contributed by atoms with Gasteiger partial charge in [0.2, 0.25) is 0 Å². The fraction of sp³-hybridized carbons (Fsp3) is 0.769. The first kappa shape index (κ1) is 12.3. The molecule has 0 saturated heterocycles. The maximum atomic E-state index is 4.54. The number of hydrogen-bond donors (Lipinski definition) is 0. The van der Waals surface area contributed by atoms with Gasteiger partial charge in [0.05, 0.1) is 12.0 Å². The Morgan fingerprint density at radius 3 is 2.60 bits per heavy atom. The Balaban J connectivity index is 2.83. The molecule has 86 valence electrons. The Hall–Kier alpha value is -0.790. The lowest BCUT2D eigenvalue weighted by Crippen LogP contribution is -2.17. The van der Waals surface area contributed by atoms with Crippen LogP contribution in [0.5, 0.6) is 0 Å². The third-order valence-corrected chi connectivity index (χ3v) is 3.27. The largest absolute Gasteiger partial charge is 0.334 e. The summed E-state index contributed by atoms with van der Waals surface area (Å²) in [5.74, 6) is 0. The molecule has 0 radical (unpaired) electrons. The van der Waals surface area contributed by atoms with Crippen LogP contribution in [0, 0.1) is 0 Å². The molecule has 2 heteroatoms. The van der Waals surface area contributed by atoms with E-state index in [2.05, 4.69) is 50.4 Å². The maximum absolute atomic E-state index is 4.54. The second kappa shape index (κ2) is 4.82. The highest BCUT2D eigenvalue weighted by atomic mass is 15.1. The molecule has 0 fully saturated rings. The van der Waals surface area contributed by atoms with E-state index in [1.165, 1.54) is 18.5 Å². The summed E-state index contributed by atoms with van der Waals surface area (Å²) < 4.78 is 2.23. The van der Waals surface area contributed by atoms with E-state index in [1.807, 2.05) is 6.33 Å². The van der Waals surface area contributed by atoms with Crippen LogP contribution in [-0.4, -0.2) is 9.55 Å². The van der Waals surface area contributed by atoms with Crippen LogP contribution in [0.4, 0.5) is 0 Å². The Morgan fingerprint density at radius 2 is 2.07 bits per heavy atom. The Labute approximate surface area is 93.7 Å². The summed E-state index contributed by atoms with van der Waals surface area (Å²) in [6.07, 6.45) is 7.75. The van der Waals surface area contributed by atoms with Gasteiger partial charge in [0.25, 0.3) is 0 Å². The van der Waals surface area contributed by atoms with Crippen molar-refractivity contribution in [3.8, 4) is 0 Å². The number of aromatic nitrogens is 2. The standard InChI is InChI=1S/C13H24N2/c1-6-8-13(4,5)12-9-15(10-14-12)11(3)7-2/h9-11H,6-8H2,1-5H3. The molecule has 1 rings (SSSR count). The molecule has 2 nitrogen and oxygen atoms in total. The van der Waals surface area contributed by atoms with Gasteiger partial charge >= 0.3 is 0 Å². The second-order valence-corrected chi connectivity index (χ2v) is 5.10. The molecule has 0 aliphatic carbocycles. The molecule has 1 atom stereocenters. The van der Waals surface area contributed by atoms with E-state index in [0.717, 1.165) is 6.42 Å². The predicted octanol–water partition coefficient (Wildman–Crippen LogP) is 3.93. The smallest absolute Gasteiger partial charge is 0.0952 e. The maximum Gasteiger partial charge on any atom is 0.0952 e. The lowest BCUT2D eigenvalue weighted by molar-refractivity contribution is 0.459. The van der Waals surface area contributed by atoms with Crippen molar-refractivity contribution in [1.82, 2.24) is 9.55 Å². The average molecular weight is 208 g/mol. The van der Waals surface area contributed by atoms with Crippen molar-refractivity contribution in [2.24, 2.45) is 0 Å². The Morgan fingerprint density at radius 1 is 1.40 bits per heavy atom. The zero-order valence-corrected chi connectivity index (χ0v) is 10.7. The summed E-state index contributed by atoms with van der Waals surface area (Å²) in [5.41, 5.74) is 1.44. The molecule has 1 heterocycles. The van der Waals surface area contributed by atoms with Gasteiger partial charge in [-0.1, -0.05) is 34.1 Å². The number of rotatable bonds is 5. The molecule has 1 aromatic rings. The molecule has 0 N–H and O–H groups in total. The van der Waals surface area contributed by atoms with E-state index < -0.39 is 0 Å². The van der Waals surface area contributed by atoms with Crippen molar-refractivity contribution >= 4 is 0 Å². The Bertz CT molecular complexity index is 299. The van der Waals surface area contributed by atoms with Gasteiger partial charge in [-0.25, -0.2) is 4.98 Å². The van der Waals surface area contributed by atoms with Crippen LogP contribution < -0.4 is 0 Å². The quantitative estimate of drug-likeness (QED) is 0.717. The summed E-state index contributed by atoms with van der Waals surface area (Å²) in [5, 5.41) is 0. The SMILES string of the molecule is CCCC(C)(C)c1cn(C(C)CC)cn1. The van der Waals surface area contributed by atoms with E-state index in [9.17, 15) is 0 Å². The van der Waals surface area contributed by atoms with Crippen LogP contribution in [0.1, 0.15) is 65.6 Å². The lowest BCUT2D eigenvalue weighted by Gasteiger charge is -2.21. The molecule has 0 aliphatic rings. The van der Waals surface area contributed by atoms with Crippen LogP contribution in [0.25, 0.3) is 0 Å². The summed E-state index contributed by atoms with van der Waals surface area (Å²) in [6, 6.07) is 0.559. The summed E-state index contributed by atoms with van der Waals surface area (Å²) in [4.78, 5) is 4.54. The van der Waals surface area contributed by atoms with Gasteiger partial charge in [-0.2, -0.15) is 0 Å². The molecule has 0 spiro atoms. The zero-order chi connectivity index (χ0) is 11.5. The first-order valence-corrected chi connectivity index (χ1v) is 6.05. The lowest BCUT2D eigenvalue weighted by atomic mass is 9.85. The molecule has 0 amide bonds. The van der Waals surface area contributed by atoms with Crippen LogP contribution in [0.2, 0.25) is 0 Å². The van der Waals surface area contributed by atoms with Crippen molar-refractivity contribution in [1.29, 1.82) is 0 Å². The van der Waals surface area contributed by atoms with Gasteiger partial charge in [0.1, 0.15) is 0 Å². The van der Waals surface area contributed by atoms with Crippen LogP contribution in [0.3, 0.4) is 0 Å². The first-order chi connectivity index (χ1) is 7.01. The minimum Gasteiger partial charge on any atom is -0.334 e. The minimum absolute atomic E-state index is 0.216. The van der Waals surface area contributed by atoms with Gasteiger partial charge < -0.3 is 4.57 Å². The van der Waals surface area contributed by atoms with Crippen molar-refractivity contribution in [3.05, 3.63) is 18.2 Å². The van der Waals surface area contributed by atoms with Crippen LogP contribution in [0.15, 0.2) is 12.5 Å². The topological polar surface area (TPSA) is 17.8 Å². The van der Waals surface area contributed by atoms with Crippen molar-refractivity contribution in [2.45, 2.75) is 65.3 Å².